The van der Waals surface area contributed by atoms with Crippen LogP contribution in [0.4, 0.5) is 5.69 Å². The van der Waals surface area contributed by atoms with Gasteiger partial charge in [-0.25, -0.2) is 4.79 Å². The van der Waals surface area contributed by atoms with Crippen LogP contribution in [0, 0.1) is 10.1 Å². The highest BCUT2D eigenvalue weighted by Gasteiger charge is 2.37. The number of rotatable bonds is 4. The number of ether oxygens (including phenoxy) is 3. The Morgan fingerprint density at radius 2 is 2.10 bits per heavy atom. The van der Waals surface area contributed by atoms with Crippen LogP contribution in [0.2, 0.25) is 0 Å². The van der Waals surface area contributed by atoms with Crippen molar-refractivity contribution in [1.29, 1.82) is 0 Å². The first-order valence-electron chi connectivity index (χ1n) is 6.09. The fourth-order valence-electron chi connectivity index (χ4n) is 1.76. The number of esters is 1. The van der Waals surface area contributed by atoms with Crippen molar-refractivity contribution in [2.45, 2.75) is 32.3 Å². The monoisotopic (exact) mass is 281 g/mol. The highest BCUT2D eigenvalue weighted by Crippen LogP contribution is 2.23. The SMILES string of the molecule is CC1(C)OCC(C(=O)OCc2ccc([N+](=O)[O-])cc2)O1. The maximum atomic E-state index is 11.7. The fourth-order valence-corrected chi connectivity index (χ4v) is 1.76. The van der Waals surface area contributed by atoms with Crippen molar-refractivity contribution in [3.05, 3.63) is 39.9 Å². The van der Waals surface area contributed by atoms with Crippen molar-refractivity contribution in [2.24, 2.45) is 0 Å². The molecule has 1 fully saturated rings. The Kier molecular flexibility index (Phi) is 4.01. The average Bonchev–Trinajstić information content (AvgIpc) is 2.77. The largest absolute Gasteiger partial charge is 0.459 e. The van der Waals surface area contributed by atoms with Crippen LogP contribution in [-0.2, 0) is 25.6 Å². The predicted octanol–water partition coefficient (Wildman–Crippen LogP) is 1.79. The number of nitro benzene ring substituents is 1. The Labute approximate surface area is 115 Å². The third kappa shape index (κ3) is 3.52. The third-order valence-electron chi connectivity index (χ3n) is 2.80. The second-order valence-corrected chi connectivity index (χ2v) is 4.85. The molecule has 108 valence electrons. The zero-order chi connectivity index (χ0) is 14.8. The van der Waals surface area contributed by atoms with E-state index in [1.165, 1.54) is 12.1 Å². The summed E-state index contributed by atoms with van der Waals surface area (Å²) in [4.78, 5) is 21.8. The minimum atomic E-state index is -0.781. The van der Waals surface area contributed by atoms with E-state index in [2.05, 4.69) is 0 Å². The summed E-state index contributed by atoms with van der Waals surface area (Å²) < 4.78 is 15.7. The van der Waals surface area contributed by atoms with E-state index >= 15 is 0 Å². The minimum Gasteiger partial charge on any atom is -0.459 e. The van der Waals surface area contributed by atoms with Crippen molar-refractivity contribution in [3.8, 4) is 0 Å². The topological polar surface area (TPSA) is 87.9 Å². The molecule has 0 N–H and O–H groups in total. The van der Waals surface area contributed by atoms with Gasteiger partial charge in [0.05, 0.1) is 11.5 Å². The molecule has 1 saturated heterocycles. The highest BCUT2D eigenvalue weighted by atomic mass is 16.8. The number of carbonyl (C=O) groups excluding carboxylic acids is 1. The molecule has 0 saturated carbocycles. The first-order chi connectivity index (χ1) is 9.37. The van der Waals surface area contributed by atoms with Crippen molar-refractivity contribution >= 4 is 11.7 Å². The van der Waals surface area contributed by atoms with E-state index in [0.29, 0.717) is 5.56 Å². The Morgan fingerprint density at radius 3 is 2.60 bits per heavy atom. The summed E-state index contributed by atoms with van der Waals surface area (Å²) in [6.45, 7) is 3.64. The molecule has 1 heterocycles. The molecular weight excluding hydrogens is 266 g/mol. The summed E-state index contributed by atoms with van der Waals surface area (Å²) in [5, 5.41) is 10.5. The molecule has 1 aliphatic heterocycles. The zero-order valence-corrected chi connectivity index (χ0v) is 11.2. The second kappa shape index (κ2) is 5.56. The van der Waals surface area contributed by atoms with Gasteiger partial charge in [-0.1, -0.05) is 0 Å². The summed E-state index contributed by atoms with van der Waals surface area (Å²) in [6, 6.07) is 5.81. The van der Waals surface area contributed by atoms with Gasteiger partial charge in [-0.3, -0.25) is 10.1 Å². The molecule has 0 aromatic heterocycles. The van der Waals surface area contributed by atoms with Gasteiger partial charge in [0.25, 0.3) is 5.69 Å². The standard InChI is InChI=1S/C13H15NO6/c1-13(2)19-8-11(20-13)12(15)18-7-9-3-5-10(6-4-9)14(16)17/h3-6,11H,7-8H2,1-2H3. The van der Waals surface area contributed by atoms with Crippen molar-refractivity contribution in [2.75, 3.05) is 6.61 Å². The molecule has 0 spiro atoms. The van der Waals surface area contributed by atoms with Crippen LogP contribution >= 0.6 is 0 Å². The number of non-ortho nitro benzene ring substituents is 1. The second-order valence-electron chi connectivity index (χ2n) is 4.85. The van der Waals surface area contributed by atoms with Gasteiger partial charge in [0, 0.05) is 12.1 Å². The lowest BCUT2D eigenvalue weighted by atomic mass is 10.2. The van der Waals surface area contributed by atoms with Gasteiger partial charge < -0.3 is 14.2 Å². The Balaban J connectivity index is 1.86. The lowest BCUT2D eigenvalue weighted by Gasteiger charge is -2.16. The van der Waals surface area contributed by atoms with E-state index in [1.807, 2.05) is 0 Å². The zero-order valence-electron chi connectivity index (χ0n) is 11.2. The fraction of sp³-hybridized carbons (Fsp3) is 0.462. The van der Waals surface area contributed by atoms with Gasteiger partial charge in [0.1, 0.15) is 6.61 Å². The number of benzene rings is 1. The van der Waals surface area contributed by atoms with Crippen LogP contribution in [0.5, 0.6) is 0 Å². The molecule has 0 radical (unpaired) electrons. The molecule has 7 heteroatoms. The summed E-state index contributed by atoms with van der Waals surface area (Å²) >= 11 is 0. The van der Waals surface area contributed by atoms with E-state index in [-0.39, 0.29) is 18.9 Å². The third-order valence-corrected chi connectivity index (χ3v) is 2.80. The van der Waals surface area contributed by atoms with Gasteiger partial charge in [0.15, 0.2) is 11.9 Å². The number of nitro groups is 1. The number of nitrogens with zero attached hydrogens (tertiary/aromatic N) is 1. The molecule has 7 nitrogen and oxygen atoms in total. The molecule has 1 aromatic carbocycles. The summed E-state index contributed by atoms with van der Waals surface area (Å²) in [5.74, 6) is -1.29. The molecule has 20 heavy (non-hydrogen) atoms. The van der Waals surface area contributed by atoms with Crippen LogP contribution in [0.1, 0.15) is 19.4 Å². The molecule has 2 rings (SSSR count). The molecule has 1 aromatic rings. The van der Waals surface area contributed by atoms with Crippen LogP contribution in [0.15, 0.2) is 24.3 Å². The summed E-state index contributed by atoms with van der Waals surface area (Å²) in [6.07, 6.45) is -0.733. The van der Waals surface area contributed by atoms with E-state index in [4.69, 9.17) is 14.2 Å². The number of hydrogen-bond donors (Lipinski definition) is 0. The molecule has 0 amide bonds. The number of hydrogen-bond acceptors (Lipinski definition) is 6. The minimum absolute atomic E-state index is 0.00523. The van der Waals surface area contributed by atoms with Crippen molar-refractivity contribution < 1.29 is 23.9 Å². The van der Waals surface area contributed by atoms with Crippen LogP contribution in [0.25, 0.3) is 0 Å². The highest BCUT2D eigenvalue weighted by molar-refractivity contribution is 5.75. The number of carbonyl (C=O) groups is 1. The summed E-state index contributed by atoms with van der Waals surface area (Å²) in [7, 11) is 0. The Bertz CT molecular complexity index is 510. The molecule has 1 aliphatic rings. The molecule has 1 atom stereocenters. The molecular formula is C13H15NO6. The smallest absolute Gasteiger partial charge is 0.338 e. The lowest BCUT2D eigenvalue weighted by Crippen LogP contribution is -2.28. The maximum absolute atomic E-state index is 11.7. The lowest BCUT2D eigenvalue weighted by molar-refractivity contribution is -0.384. The molecule has 0 bridgehead atoms. The summed E-state index contributed by atoms with van der Waals surface area (Å²) in [5.41, 5.74) is 0.663. The quantitative estimate of drug-likeness (QED) is 0.475. The Hall–Kier alpha value is -1.99. The molecule has 0 aliphatic carbocycles. The predicted molar refractivity (Wildman–Crippen MR) is 67.8 cm³/mol. The van der Waals surface area contributed by atoms with E-state index < -0.39 is 22.8 Å². The van der Waals surface area contributed by atoms with Crippen molar-refractivity contribution in [1.82, 2.24) is 0 Å². The first kappa shape index (κ1) is 14.4. The first-order valence-corrected chi connectivity index (χ1v) is 6.09. The van der Waals surface area contributed by atoms with Gasteiger partial charge >= 0.3 is 5.97 Å². The average molecular weight is 281 g/mol. The normalized spacial score (nSPS) is 20.6. The van der Waals surface area contributed by atoms with Crippen molar-refractivity contribution in [3.63, 3.8) is 0 Å². The van der Waals surface area contributed by atoms with Crippen LogP contribution in [0.3, 0.4) is 0 Å². The van der Waals surface area contributed by atoms with Gasteiger partial charge in [0.2, 0.25) is 0 Å². The van der Waals surface area contributed by atoms with E-state index in [0.717, 1.165) is 0 Å². The Morgan fingerprint density at radius 1 is 1.45 bits per heavy atom. The van der Waals surface area contributed by atoms with Gasteiger partial charge in [-0.2, -0.15) is 0 Å². The maximum Gasteiger partial charge on any atom is 0.338 e. The van der Waals surface area contributed by atoms with Gasteiger partial charge in [-0.15, -0.1) is 0 Å². The van der Waals surface area contributed by atoms with Crippen LogP contribution < -0.4 is 0 Å². The van der Waals surface area contributed by atoms with Gasteiger partial charge in [-0.05, 0) is 31.5 Å². The van der Waals surface area contributed by atoms with E-state index in [9.17, 15) is 14.9 Å². The molecule has 1 unspecified atom stereocenters. The van der Waals surface area contributed by atoms with E-state index in [1.54, 1.807) is 26.0 Å². The van der Waals surface area contributed by atoms with Crippen LogP contribution in [-0.4, -0.2) is 29.4 Å².